The van der Waals surface area contributed by atoms with Crippen LogP contribution in [-0.2, 0) is 4.79 Å². The Balaban J connectivity index is 1.77. The molecule has 0 aromatic rings. The fraction of sp³-hybridized carbons (Fsp3) is 0.929. The zero-order valence-electron chi connectivity index (χ0n) is 11.6. The van der Waals surface area contributed by atoms with E-state index in [9.17, 15) is 4.79 Å². The minimum Gasteiger partial charge on any atom is -0.339 e. The molecule has 2 aliphatic rings. The predicted octanol–water partition coefficient (Wildman–Crippen LogP) is 1.20. The summed E-state index contributed by atoms with van der Waals surface area (Å²) in [6, 6.07) is 0.500. The van der Waals surface area contributed by atoms with Crippen LogP contribution < -0.4 is 5.73 Å². The molecule has 0 aromatic carbocycles. The van der Waals surface area contributed by atoms with Crippen molar-refractivity contribution in [3.8, 4) is 0 Å². The van der Waals surface area contributed by atoms with E-state index in [1.54, 1.807) is 0 Å². The molecule has 0 aromatic heterocycles. The van der Waals surface area contributed by atoms with Gasteiger partial charge in [-0.2, -0.15) is 0 Å². The lowest BCUT2D eigenvalue weighted by molar-refractivity contribution is -0.134. The first-order chi connectivity index (χ1) is 8.72. The summed E-state index contributed by atoms with van der Waals surface area (Å²) in [6.07, 6.45) is 7.25. The number of piperazine rings is 1. The van der Waals surface area contributed by atoms with Crippen molar-refractivity contribution in [1.29, 1.82) is 0 Å². The molecule has 1 heterocycles. The second-order valence-electron chi connectivity index (χ2n) is 5.69. The second kappa shape index (κ2) is 6.53. The molecule has 0 unspecified atom stereocenters. The van der Waals surface area contributed by atoms with E-state index >= 15 is 0 Å². The molecule has 2 N–H and O–H groups in total. The van der Waals surface area contributed by atoms with Gasteiger partial charge >= 0.3 is 0 Å². The van der Waals surface area contributed by atoms with Crippen LogP contribution >= 0.6 is 0 Å². The van der Waals surface area contributed by atoms with E-state index in [0.717, 1.165) is 45.1 Å². The molecule has 0 spiro atoms. The Labute approximate surface area is 110 Å². The number of nitrogens with two attached hydrogens (primary N) is 1. The van der Waals surface area contributed by atoms with Gasteiger partial charge < -0.3 is 10.6 Å². The van der Waals surface area contributed by atoms with Gasteiger partial charge in [0.2, 0.25) is 5.91 Å². The summed E-state index contributed by atoms with van der Waals surface area (Å²) in [5.74, 6) is 0.155. The molecule has 1 amide bonds. The summed E-state index contributed by atoms with van der Waals surface area (Å²) in [6.45, 7) is 5.88. The average molecular weight is 253 g/mol. The van der Waals surface area contributed by atoms with Crippen molar-refractivity contribution in [1.82, 2.24) is 9.80 Å². The summed E-state index contributed by atoms with van der Waals surface area (Å²) >= 11 is 0. The summed E-state index contributed by atoms with van der Waals surface area (Å²) in [7, 11) is 0. The Kier molecular flexibility index (Phi) is 5.01. The number of hydrogen-bond donors (Lipinski definition) is 1. The van der Waals surface area contributed by atoms with E-state index in [1.807, 2.05) is 4.90 Å². The van der Waals surface area contributed by atoms with Crippen LogP contribution in [0.5, 0.6) is 0 Å². The smallest absolute Gasteiger partial charge is 0.239 e. The van der Waals surface area contributed by atoms with Gasteiger partial charge in [0.15, 0.2) is 0 Å². The summed E-state index contributed by atoms with van der Waals surface area (Å²) in [5.41, 5.74) is 5.91. The number of carbonyl (C=O) groups excluding carboxylic acids is 1. The number of hydrogen-bond acceptors (Lipinski definition) is 3. The van der Waals surface area contributed by atoms with Gasteiger partial charge in [-0.15, -0.1) is 0 Å². The molecule has 1 saturated carbocycles. The topological polar surface area (TPSA) is 49.6 Å². The first-order valence-electron chi connectivity index (χ1n) is 7.50. The van der Waals surface area contributed by atoms with Gasteiger partial charge in [0.1, 0.15) is 0 Å². The highest BCUT2D eigenvalue weighted by Crippen LogP contribution is 2.24. The highest BCUT2D eigenvalue weighted by Gasteiger charge is 2.29. The van der Waals surface area contributed by atoms with Gasteiger partial charge in [-0.3, -0.25) is 9.69 Å². The van der Waals surface area contributed by atoms with Crippen LogP contribution in [0.25, 0.3) is 0 Å². The molecule has 0 radical (unpaired) electrons. The normalized spacial score (nSPS) is 24.4. The van der Waals surface area contributed by atoms with Crippen molar-refractivity contribution >= 4 is 5.91 Å². The zero-order chi connectivity index (χ0) is 13.0. The fourth-order valence-electron chi connectivity index (χ4n) is 3.25. The first kappa shape index (κ1) is 13.8. The van der Waals surface area contributed by atoms with E-state index in [-0.39, 0.29) is 11.9 Å². The molecule has 2 fully saturated rings. The van der Waals surface area contributed by atoms with Crippen LogP contribution in [-0.4, -0.2) is 54.0 Å². The van der Waals surface area contributed by atoms with Crippen molar-refractivity contribution in [3.05, 3.63) is 0 Å². The van der Waals surface area contributed by atoms with Crippen molar-refractivity contribution in [2.45, 2.75) is 57.5 Å². The van der Waals surface area contributed by atoms with E-state index < -0.39 is 0 Å². The van der Waals surface area contributed by atoms with Crippen molar-refractivity contribution in [3.63, 3.8) is 0 Å². The molecule has 4 nitrogen and oxygen atoms in total. The fourth-order valence-corrected chi connectivity index (χ4v) is 3.25. The average Bonchev–Trinajstić information content (AvgIpc) is 2.92. The third-order valence-electron chi connectivity index (χ3n) is 4.38. The first-order valence-corrected chi connectivity index (χ1v) is 7.50. The van der Waals surface area contributed by atoms with Gasteiger partial charge in [-0.1, -0.05) is 26.2 Å². The van der Waals surface area contributed by atoms with Crippen LogP contribution in [0.4, 0.5) is 0 Å². The molecule has 4 heteroatoms. The Morgan fingerprint density at radius 2 is 1.83 bits per heavy atom. The minimum absolute atomic E-state index is 0.155. The monoisotopic (exact) mass is 253 g/mol. The van der Waals surface area contributed by atoms with E-state index in [1.165, 1.54) is 25.7 Å². The van der Waals surface area contributed by atoms with Crippen LogP contribution in [0.3, 0.4) is 0 Å². The van der Waals surface area contributed by atoms with Gasteiger partial charge in [0, 0.05) is 32.2 Å². The minimum atomic E-state index is -0.284. The Hall–Kier alpha value is -0.610. The largest absolute Gasteiger partial charge is 0.339 e. The molecule has 104 valence electrons. The molecule has 18 heavy (non-hydrogen) atoms. The lowest BCUT2D eigenvalue weighted by Crippen LogP contribution is -2.54. The van der Waals surface area contributed by atoms with Crippen LogP contribution in [0.2, 0.25) is 0 Å². The molecule has 1 aliphatic carbocycles. The highest BCUT2D eigenvalue weighted by molar-refractivity contribution is 5.81. The van der Waals surface area contributed by atoms with Gasteiger partial charge in [0.25, 0.3) is 0 Å². The number of rotatable bonds is 4. The Morgan fingerprint density at radius 1 is 1.22 bits per heavy atom. The standard InChI is InChI=1S/C14H27N3O/c1-2-5-13(15)14(18)17-10-8-16(9-11-17)12-6-3-4-7-12/h12-13H,2-11,15H2,1H3/t13-/m0/s1. The molecular formula is C14H27N3O. The van der Waals surface area contributed by atoms with Gasteiger partial charge in [-0.05, 0) is 19.3 Å². The summed E-state index contributed by atoms with van der Waals surface area (Å²) in [5, 5.41) is 0. The van der Waals surface area contributed by atoms with E-state index in [2.05, 4.69) is 11.8 Å². The lowest BCUT2D eigenvalue weighted by Gasteiger charge is -2.38. The third-order valence-corrected chi connectivity index (χ3v) is 4.38. The van der Waals surface area contributed by atoms with Crippen molar-refractivity contribution in [2.24, 2.45) is 5.73 Å². The second-order valence-corrected chi connectivity index (χ2v) is 5.69. The molecule has 1 atom stereocenters. The van der Waals surface area contributed by atoms with Crippen LogP contribution in [0.15, 0.2) is 0 Å². The molecule has 0 bridgehead atoms. The van der Waals surface area contributed by atoms with E-state index in [0.29, 0.717) is 0 Å². The Bertz CT molecular complexity index is 268. The quantitative estimate of drug-likeness (QED) is 0.819. The van der Waals surface area contributed by atoms with Crippen LogP contribution in [0, 0.1) is 0 Å². The van der Waals surface area contributed by atoms with Crippen molar-refractivity contribution < 1.29 is 4.79 Å². The van der Waals surface area contributed by atoms with Crippen LogP contribution in [0.1, 0.15) is 45.4 Å². The molecule has 1 saturated heterocycles. The maximum atomic E-state index is 12.1. The van der Waals surface area contributed by atoms with Gasteiger partial charge in [-0.25, -0.2) is 0 Å². The maximum absolute atomic E-state index is 12.1. The predicted molar refractivity (Wildman–Crippen MR) is 73.3 cm³/mol. The summed E-state index contributed by atoms with van der Waals surface area (Å²) in [4.78, 5) is 16.6. The number of amides is 1. The lowest BCUT2D eigenvalue weighted by atomic mass is 10.1. The SMILES string of the molecule is CCC[C@H](N)C(=O)N1CCN(C2CCCC2)CC1. The third kappa shape index (κ3) is 3.23. The summed E-state index contributed by atoms with van der Waals surface area (Å²) < 4.78 is 0. The highest BCUT2D eigenvalue weighted by atomic mass is 16.2. The zero-order valence-corrected chi connectivity index (χ0v) is 11.6. The van der Waals surface area contributed by atoms with Crippen molar-refractivity contribution in [2.75, 3.05) is 26.2 Å². The van der Waals surface area contributed by atoms with E-state index in [4.69, 9.17) is 5.73 Å². The maximum Gasteiger partial charge on any atom is 0.239 e. The Morgan fingerprint density at radius 3 is 2.39 bits per heavy atom. The molecular weight excluding hydrogens is 226 g/mol. The number of carbonyl (C=O) groups is 1. The number of nitrogens with zero attached hydrogens (tertiary/aromatic N) is 2. The molecule has 1 aliphatic heterocycles. The molecule has 2 rings (SSSR count). The van der Waals surface area contributed by atoms with Gasteiger partial charge in [0.05, 0.1) is 6.04 Å².